The van der Waals surface area contributed by atoms with Gasteiger partial charge < -0.3 is 10.1 Å². The van der Waals surface area contributed by atoms with Crippen molar-refractivity contribution < 1.29 is 4.74 Å². The van der Waals surface area contributed by atoms with Crippen molar-refractivity contribution in [2.75, 3.05) is 12.4 Å². The Hall–Kier alpha value is -3.78. The number of nitrogens with one attached hydrogen (secondary N) is 1. The SMILES string of the molecule is COc1cc(Nc2c(C#N)cnc3cc(-c4ccc5ccccc5c4)ccc23)c(Cl)cc1Cl. The number of anilines is 2. The monoisotopic (exact) mass is 469 g/mol. The highest BCUT2D eigenvalue weighted by molar-refractivity contribution is 6.37. The molecule has 0 aliphatic rings. The van der Waals surface area contributed by atoms with Crippen molar-refractivity contribution in [2.24, 2.45) is 0 Å². The third kappa shape index (κ3) is 3.93. The number of fused-ring (bicyclic) bond motifs is 2. The number of benzene rings is 4. The van der Waals surface area contributed by atoms with Gasteiger partial charge in [0.15, 0.2) is 0 Å². The highest BCUT2D eigenvalue weighted by Crippen LogP contribution is 2.38. The molecular weight excluding hydrogens is 453 g/mol. The molecule has 4 aromatic carbocycles. The quantitative estimate of drug-likeness (QED) is 0.289. The van der Waals surface area contributed by atoms with Crippen LogP contribution in [0.3, 0.4) is 0 Å². The highest BCUT2D eigenvalue weighted by atomic mass is 35.5. The first-order chi connectivity index (χ1) is 16.1. The van der Waals surface area contributed by atoms with Crippen LogP contribution in [0.4, 0.5) is 11.4 Å². The maximum absolute atomic E-state index is 9.69. The number of methoxy groups -OCH3 is 1. The lowest BCUT2D eigenvalue weighted by molar-refractivity contribution is 0.415. The molecule has 4 nitrogen and oxygen atoms in total. The Labute approximate surface area is 201 Å². The predicted octanol–water partition coefficient (Wildman–Crippen LogP) is 7.99. The minimum atomic E-state index is 0.408. The lowest BCUT2D eigenvalue weighted by Crippen LogP contribution is -1.98. The minimum Gasteiger partial charge on any atom is -0.495 e. The number of aromatic nitrogens is 1. The van der Waals surface area contributed by atoms with E-state index in [0.29, 0.717) is 32.7 Å². The number of hydrogen-bond donors (Lipinski definition) is 1. The molecule has 160 valence electrons. The van der Waals surface area contributed by atoms with E-state index in [-0.39, 0.29) is 0 Å². The topological polar surface area (TPSA) is 57.9 Å². The molecule has 0 saturated carbocycles. The van der Waals surface area contributed by atoms with E-state index in [1.165, 1.54) is 17.9 Å². The van der Waals surface area contributed by atoms with Crippen LogP contribution in [0.1, 0.15) is 5.56 Å². The van der Waals surface area contributed by atoms with Crippen LogP contribution in [-0.4, -0.2) is 12.1 Å². The number of halogens is 2. The van der Waals surface area contributed by atoms with Crippen LogP contribution in [0.2, 0.25) is 10.0 Å². The predicted molar refractivity (Wildman–Crippen MR) is 136 cm³/mol. The van der Waals surface area contributed by atoms with Gasteiger partial charge in [-0.3, -0.25) is 4.98 Å². The molecule has 6 heteroatoms. The normalized spacial score (nSPS) is 10.8. The minimum absolute atomic E-state index is 0.408. The van der Waals surface area contributed by atoms with Gasteiger partial charge >= 0.3 is 0 Å². The van der Waals surface area contributed by atoms with Crippen LogP contribution in [0.15, 0.2) is 79.0 Å². The standard InChI is InChI=1S/C27H17Cl2N3O/c1-33-26-13-25(22(28)12-23(26)29)32-27-20(14-30)15-31-24-11-19(8-9-21(24)27)18-7-6-16-4-2-3-5-17(16)10-18/h2-13,15H,1H3,(H,31,32). The fourth-order valence-corrected chi connectivity index (χ4v) is 4.39. The van der Waals surface area contributed by atoms with E-state index < -0.39 is 0 Å². The zero-order chi connectivity index (χ0) is 22.9. The van der Waals surface area contributed by atoms with Crippen molar-refractivity contribution in [1.29, 1.82) is 5.26 Å². The summed E-state index contributed by atoms with van der Waals surface area (Å²) >= 11 is 12.6. The van der Waals surface area contributed by atoms with Gasteiger partial charge in [-0.2, -0.15) is 5.26 Å². The second kappa shape index (κ2) is 8.63. The summed E-state index contributed by atoms with van der Waals surface area (Å²) < 4.78 is 5.31. The molecule has 0 radical (unpaired) electrons. The van der Waals surface area contributed by atoms with E-state index in [1.807, 2.05) is 30.3 Å². The van der Waals surface area contributed by atoms with Crippen molar-refractivity contribution in [3.63, 3.8) is 0 Å². The molecule has 0 unspecified atom stereocenters. The van der Waals surface area contributed by atoms with Crippen LogP contribution in [0.5, 0.6) is 5.75 Å². The van der Waals surface area contributed by atoms with Gasteiger partial charge in [0.25, 0.3) is 0 Å². The van der Waals surface area contributed by atoms with E-state index in [9.17, 15) is 5.26 Å². The Morgan fingerprint density at radius 3 is 2.42 bits per heavy atom. The molecule has 5 aromatic rings. The number of rotatable bonds is 4. The molecule has 0 atom stereocenters. The summed E-state index contributed by atoms with van der Waals surface area (Å²) in [5.74, 6) is 0.485. The third-order valence-electron chi connectivity index (χ3n) is 5.57. The van der Waals surface area contributed by atoms with Crippen molar-refractivity contribution in [3.8, 4) is 22.9 Å². The first kappa shape index (κ1) is 21.1. The largest absolute Gasteiger partial charge is 0.495 e. The molecule has 1 N–H and O–H groups in total. The summed E-state index contributed by atoms with van der Waals surface area (Å²) in [7, 11) is 1.54. The molecule has 0 spiro atoms. The third-order valence-corrected chi connectivity index (χ3v) is 6.18. The Balaban J connectivity index is 1.61. The van der Waals surface area contributed by atoms with Crippen molar-refractivity contribution in [1.82, 2.24) is 4.98 Å². The van der Waals surface area contributed by atoms with Crippen LogP contribution >= 0.6 is 23.2 Å². The first-order valence-corrected chi connectivity index (χ1v) is 10.9. The molecule has 0 saturated heterocycles. The lowest BCUT2D eigenvalue weighted by atomic mass is 9.99. The number of nitriles is 1. The molecular formula is C27H17Cl2N3O. The zero-order valence-corrected chi connectivity index (χ0v) is 19.1. The molecule has 0 aliphatic carbocycles. The average Bonchev–Trinajstić information content (AvgIpc) is 2.85. The Morgan fingerprint density at radius 2 is 1.64 bits per heavy atom. The number of pyridine rings is 1. The van der Waals surface area contributed by atoms with Gasteiger partial charge in [-0.1, -0.05) is 71.7 Å². The van der Waals surface area contributed by atoms with Gasteiger partial charge in [0.05, 0.1) is 39.6 Å². The van der Waals surface area contributed by atoms with E-state index in [0.717, 1.165) is 22.0 Å². The van der Waals surface area contributed by atoms with Gasteiger partial charge in [-0.25, -0.2) is 0 Å². The van der Waals surface area contributed by atoms with Gasteiger partial charge in [0, 0.05) is 17.6 Å². The summed E-state index contributed by atoms with van der Waals surface area (Å²) in [5.41, 5.74) is 4.52. The highest BCUT2D eigenvalue weighted by Gasteiger charge is 2.14. The maximum atomic E-state index is 9.69. The van der Waals surface area contributed by atoms with Crippen LogP contribution in [-0.2, 0) is 0 Å². The van der Waals surface area contributed by atoms with Crippen LogP contribution < -0.4 is 10.1 Å². The van der Waals surface area contributed by atoms with Gasteiger partial charge in [0.1, 0.15) is 11.8 Å². The number of nitrogens with zero attached hydrogens (tertiary/aromatic N) is 2. The summed E-state index contributed by atoms with van der Waals surface area (Å²) in [6.07, 6.45) is 1.57. The van der Waals surface area contributed by atoms with Crippen molar-refractivity contribution >= 4 is 56.3 Å². The molecule has 1 aromatic heterocycles. The first-order valence-electron chi connectivity index (χ1n) is 10.2. The second-order valence-corrected chi connectivity index (χ2v) is 8.36. The van der Waals surface area contributed by atoms with Crippen molar-refractivity contribution in [2.45, 2.75) is 0 Å². The van der Waals surface area contributed by atoms with Crippen LogP contribution in [0, 0.1) is 11.3 Å². The second-order valence-electron chi connectivity index (χ2n) is 7.54. The molecule has 33 heavy (non-hydrogen) atoms. The van der Waals surface area contributed by atoms with E-state index in [2.05, 4.69) is 46.7 Å². The molecule has 1 heterocycles. The number of hydrogen-bond acceptors (Lipinski definition) is 4. The summed E-state index contributed by atoms with van der Waals surface area (Å²) in [5, 5.41) is 17.0. The maximum Gasteiger partial charge on any atom is 0.139 e. The van der Waals surface area contributed by atoms with Gasteiger partial charge in [0.2, 0.25) is 0 Å². The fourth-order valence-electron chi connectivity index (χ4n) is 3.88. The van der Waals surface area contributed by atoms with Gasteiger partial charge in [-0.15, -0.1) is 0 Å². The molecule has 0 amide bonds. The molecule has 0 fully saturated rings. The van der Waals surface area contributed by atoms with E-state index in [4.69, 9.17) is 27.9 Å². The fraction of sp³-hybridized carbons (Fsp3) is 0.0370. The molecule has 0 aliphatic heterocycles. The zero-order valence-electron chi connectivity index (χ0n) is 17.6. The van der Waals surface area contributed by atoms with Crippen LogP contribution in [0.25, 0.3) is 32.8 Å². The summed E-state index contributed by atoms with van der Waals surface area (Å²) in [6.45, 7) is 0. The lowest BCUT2D eigenvalue weighted by Gasteiger charge is -2.15. The Bertz CT molecular complexity index is 1570. The summed E-state index contributed by atoms with van der Waals surface area (Å²) in [4.78, 5) is 4.53. The van der Waals surface area contributed by atoms with Gasteiger partial charge in [-0.05, 0) is 40.1 Å². The van der Waals surface area contributed by atoms with Crippen molar-refractivity contribution in [3.05, 3.63) is 94.6 Å². The summed E-state index contributed by atoms with van der Waals surface area (Å²) in [6, 6.07) is 26.2. The van der Waals surface area contributed by atoms with E-state index in [1.54, 1.807) is 18.3 Å². The molecule has 0 bridgehead atoms. The van der Waals surface area contributed by atoms with E-state index >= 15 is 0 Å². The number of ether oxygens (including phenoxy) is 1. The Kier molecular flexibility index (Phi) is 5.51. The average molecular weight is 470 g/mol. The smallest absolute Gasteiger partial charge is 0.139 e. The molecule has 5 rings (SSSR count). The Morgan fingerprint density at radius 1 is 0.879 bits per heavy atom.